The van der Waals surface area contributed by atoms with Crippen molar-refractivity contribution in [1.29, 1.82) is 0 Å². The first-order valence-corrected chi connectivity index (χ1v) is 9.29. The lowest BCUT2D eigenvalue weighted by molar-refractivity contribution is -0.00255. The zero-order valence-electron chi connectivity index (χ0n) is 12.2. The Morgan fingerprint density at radius 1 is 1.04 bits per heavy atom. The highest BCUT2D eigenvalue weighted by atomic mass is 35.5. The van der Waals surface area contributed by atoms with E-state index in [1.807, 2.05) is 12.1 Å². The number of hydrogen-bond donors (Lipinski definition) is 0. The molecule has 0 bridgehead atoms. The molecule has 0 aromatic heterocycles. The van der Waals surface area contributed by atoms with E-state index in [-0.39, 0.29) is 17.5 Å². The maximum absolute atomic E-state index is 12.8. The third-order valence-electron chi connectivity index (χ3n) is 3.70. The minimum Gasteiger partial charge on any atom is -0.371 e. The van der Waals surface area contributed by atoms with Gasteiger partial charge in [0.25, 0.3) is 0 Å². The highest BCUT2D eigenvalue weighted by molar-refractivity contribution is 7.89. The van der Waals surface area contributed by atoms with Gasteiger partial charge in [0.2, 0.25) is 10.0 Å². The largest absolute Gasteiger partial charge is 0.371 e. The summed E-state index contributed by atoms with van der Waals surface area (Å²) in [4.78, 5) is 0.196. The van der Waals surface area contributed by atoms with Crippen LogP contribution in [0.5, 0.6) is 0 Å². The van der Waals surface area contributed by atoms with Crippen molar-refractivity contribution >= 4 is 33.2 Å². The van der Waals surface area contributed by atoms with Crippen LogP contribution in [0.2, 0.25) is 10.0 Å². The van der Waals surface area contributed by atoms with Crippen LogP contribution >= 0.6 is 23.2 Å². The number of benzene rings is 2. The number of ether oxygens (including phenoxy) is 1. The van der Waals surface area contributed by atoms with Crippen LogP contribution in [0.25, 0.3) is 0 Å². The number of morpholine rings is 1. The first-order chi connectivity index (χ1) is 11.0. The fourth-order valence-electron chi connectivity index (χ4n) is 2.50. The van der Waals surface area contributed by atoms with Crippen LogP contribution in [0.15, 0.2) is 53.4 Å². The van der Waals surface area contributed by atoms with Gasteiger partial charge in [0, 0.05) is 23.1 Å². The van der Waals surface area contributed by atoms with Crippen molar-refractivity contribution in [3.05, 3.63) is 64.1 Å². The molecule has 7 heteroatoms. The van der Waals surface area contributed by atoms with Gasteiger partial charge in [0.15, 0.2) is 0 Å². The van der Waals surface area contributed by atoms with Gasteiger partial charge in [0.1, 0.15) is 0 Å². The molecule has 2 aromatic carbocycles. The van der Waals surface area contributed by atoms with Crippen molar-refractivity contribution in [2.75, 3.05) is 19.7 Å². The molecule has 0 aliphatic carbocycles. The molecule has 1 aliphatic rings. The molecule has 3 rings (SSSR count). The summed E-state index contributed by atoms with van der Waals surface area (Å²) >= 11 is 11.8. The number of hydrogen-bond acceptors (Lipinski definition) is 3. The number of sulfonamides is 1. The number of nitrogens with zero attached hydrogens (tertiary/aromatic N) is 1. The van der Waals surface area contributed by atoms with E-state index in [0.29, 0.717) is 23.2 Å². The second kappa shape index (κ2) is 6.79. The van der Waals surface area contributed by atoms with Crippen molar-refractivity contribution in [3.8, 4) is 0 Å². The predicted octanol–water partition coefficient (Wildman–Crippen LogP) is 3.76. The van der Waals surface area contributed by atoms with Crippen LogP contribution in [0.3, 0.4) is 0 Å². The molecule has 1 atom stereocenters. The minimum atomic E-state index is -3.59. The van der Waals surface area contributed by atoms with Crippen LogP contribution in [0, 0.1) is 0 Å². The molecule has 4 nitrogen and oxygen atoms in total. The average molecular weight is 372 g/mol. The topological polar surface area (TPSA) is 46.6 Å². The third kappa shape index (κ3) is 3.70. The van der Waals surface area contributed by atoms with Crippen molar-refractivity contribution in [1.82, 2.24) is 4.31 Å². The van der Waals surface area contributed by atoms with Gasteiger partial charge in [-0.25, -0.2) is 8.42 Å². The highest BCUT2D eigenvalue weighted by Crippen LogP contribution is 2.28. The van der Waals surface area contributed by atoms with Gasteiger partial charge in [-0.2, -0.15) is 4.31 Å². The summed E-state index contributed by atoms with van der Waals surface area (Å²) in [7, 11) is -3.59. The third-order valence-corrected chi connectivity index (χ3v) is 6.05. The minimum absolute atomic E-state index is 0.196. The van der Waals surface area contributed by atoms with E-state index in [1.165, 1.54) is 10.4 Å². The first-order valence-electron chi connectivity index (χ1n) is 7.09. The van der Waals surface area contributed by atoms with E-state index in [1.54, 1.807) is 30.3 Å². The quantitative estimate of drug-likeness (QED) is 0.824. The molecule has 0 N–H and O–H groups in total. The second-order valence-corrected chi connectivity index (χ2v) is 8.04. The van der Waals surface area contributed by atoms with Gasteiger partial charge in [-0.1, -0.05) is 41.4 Å². The van der Waals surface area contributed by atoms with Gasteiger partial charge in [0.05, 0.1) is 17.6 Å². The Kier molecular flexibility index (Phi) is 4.94. The van der Waals surface area contributed by atoms with Crippen molar-refractivity contribution in [3.63, 3.8) is 0 Å². The Hall–Kier alpha value is -1.11. The van der Waals surface area contributed by atoms with Gasteiger partial charge in [-0.15, -0.1) is 0 Å². The molecule has 122 valence electrons. The fraction of sp³-hybridized carbons (Fsp3) is 0.250. The summed E-state index contributed by atoms with van der Waals surface area (Å²) < 4.78 is 32.7. The van der Waals surface area contributed by atoms with Crippen LogP contribution in [-0.4, -0.2) is 32.4 Å². The van der Waals surface area contributed by atoms with Gasteiger partial charge < -0.3 is 4.74 Å². The number of halogens is 2. The Labute approximate surface area is 145 Å². The summed E-state index contributed by atoms with van der Waals surface area (Å²) in [6, 6.07) is 13.5. The Balaban J connectivity index is 1.84. The van der Waals surface area contributed by atoms with Crippen molar-refractivity contribution in [2.24, 2.45) is 0 Å². The van der Waals surface area contributed by atoms with Gasteiger partial charge >= 0.3 is 0 Å². The standard InChI is InChI=1S/C16H15Cl2NO3S/c17-13-6-4-12(5-7-13)16-11-19(8-9-22-16)23(20,21)15-3-1-2-14(18)10-15/h1-7,10,16H,8-9,11H2. The summed E-state index contributed by atoms with van der Waals surface area (Å²) in [6.45, 7) is 0.919. The number of rotatable bonds is 3. The van der Waals surface area contributed by atoms with E-state index in [9.17, 15) is 8.42 Å². The smallest absolute Gasteiger partial charge is 0.243 e. The van der Waals surface area contributed by atoms with E-state index in [0.717, 1.165) is 5.56 Å². The summed E-state index contributed by atoms with van der Waals surface area (Å²) in [5.41, 5.74) is 0.903. The summed E-state index contributed by atoms with van der Waals surface area (Å²) in [5.74, 6) is 0. The van der Waals surface area contributed by atoms with Gasteiger partial charge in [-0.05, 0) is 35.9 Å². The molecule has 0 spiro atoms. The van der Waals surface area contributed by atoms with E-state index < -0.39 is 10.0 Å². The molecule has 1 unspecified atom stereocenters. The highest BCUT2D eigenvalue weighted by Gasteiger charge is 2.31. The van der Waals surface area contributed by atoms with Gasteiger partial charge in [-0.3, -0.25) is 0 Å². The average Bonchev–Trinajstić information content (AvgIpc) is 2.56. The molecule has 23 heavy (non-hydrogen) atoms. The molecule has 0 amide bonds. The van der Waals surface area contributed by atoms with E-state index >= 15 is 0 Å². The zero-order chi connectivity index (χ0) is 16.4. The molecule has 0 radical (unpaired) electrons. The normalized spacial score (nSPS) is 19.7. The molecule has 2 aromatic rings. The van der Waals surface area contributed by atoms with Crippen LogP contribution in [0.1, 0.15) is 11.7 Å². The molecule has 1 saturated heterocycles. The SMILES string of the molecule is O=S(=O)(c1cccc(Cl)c1)N1CCOC(c2ccc(Cl)cc2)C1. The monoisotopic (exact) mass is 371 g/mol. The molecular formula is C16H15Cl2NO3S. The van der Waals surface area contributed by atoms with Crippen LogP contribution in [-0.2, 0) is 14.8 Å². The van der Waals surface area contributed by atoms with Crippen molar-refractivity contribution < 1.29 is 13.2 Å². The Bertz CT molecular complexity index is 793. The van der Waals surface area contributed by atoms with Crippen molar-refractivity contribution in [2.45, 2.75) is 11.0 Å². The molecule has 1 heterocycles. The molecular weight excluding hydrogens is 357 g/mol. The molecule has 1 aliphatic heterocycles. The Morgan fingerprint density at radius 3 is 2.48 bits per heavy atom. The second-order valence-electron chi connectivity index (χ2n) is 5.23. The molecule has 0 saturated carbocycles. The fourth-order valence-corrected chi connectivity index (χ4v) is 4.35. The summed E-state index contributed by atoms with van der Waals surface area (Å²) in [5, 5.41) is 1.03. The Morgan fingerprint density at radius 2 is 1.78 bits per heavy atom. The van der Waals surface area contributed by atoms with Crippen LogP contribution in [0.4, 0.5) is 0 Å². The predicted molar refractivity (Wildman–Crippen MR) is 90.4 cm³/mol. The lowest BCUT2D eigenvalue weighted by Crippen LogP contribution is -2.42. The maximum Gasteiger partial charge on any atom is 0.243 e. The molecule has 1 fully saturated rings. The lowest BCUT2D eigenvalue weighted by Gasteiger charge is -2.32. The maximum atomic E-state index is 12.8. The zero-order valence-corrected chi connectivity index (χ0v) is 14.5. The van der Waals surface area contributed by atoms with E-state index in [4.69, 9.17) is 27.9 Å². The first kappa shape index (κ1) is 16.7. The van der Waals surface area contributed by atoms with Crippen LogP contribution < -0.4 is 0 Å². The summed E-state index contributed by atoms with van der Waals surface area (Å²) in [6.07, 6.45) is -0.310. The van der Waals surface area contributed by atoms with E-state index in [2.05, 4.69) is 0 Å². The lowest BCUT2D eigenvalue weighted by atomic mass is 10.1.